The normalized spacial score (nSPS) is 10.9. The summed E-state index contributed by atoms with van der Waals surface area (Å²) in [6.07, 6.45) is 0. The Labute approximate surface area is 109 Å². The van der Waals surface area contributed by atoms with Crippen molar-refractivity contribution >= 4 is 17.0 Å². The van der Waals surface area contributed by atoms with Gasteiger partial charge in [-0.15, -0.1) is 0 Å². The summed E-state index contributed by atoms with van der Waals surface area (Å²) in [5.74, 6) is 0.941. The fraction of sp³-hybridized carbons (Fsp3) is 0.143. The van der Waals surface area contributed by atoms with Gasteiger partial charge in [-0.3, -0.25) is 0 Å². The average Bonchev–Trinajstić information content (AvgIpc) is 2.80. The second-order valence-corrected chi connectivity index (χ2v) is 4.39. The number of rotatable bonds is 2. The number of aryl methyl sites for hydroxylation is 1. The molecule has 0 radical (unpaired) electrons. The molecule has 0 amide bonds. The molecule has 96 valence electrons. The van der Waals surface area contributed by atoms with Gasteiger partial charge in [0.05, 0.1) is 11.1 Å². The largest absolute Gasteiger partial charge is 0.373 e. The van der Waals surface area contributed by atoms with E-state index in [-0.39, 0.29) is 5.82 Å². The summed E-state index contributed by atoms with van der Waals surface area (Å²) < 4.78 is 13.9. The molecule has 0 saturated heterocycles. The van der Waals surface area contributed by atoms with Crippen molar-refractivity contribution in [3.8, 4) is 11.4 Å². The first kappa shape index (κ1) is 11.6. The number of aromatic nitrogens is 3. The van der Waals surface area contributed by atoms with Crippen LogP contribution in [0.2, 0.25) is 0 Å². The van der Waals surface area contributed by atoms with E-state index in [2.05, 4.69) is 20.3 Å². The van der Waals surface area contributed by atoms with E-state index in [1.165, 1.54) is 6.07 Å². The number of nitrogens with zero attached hydrogens (tertiary/aromatic N) is 2. The van der Waals surface area contributed by atoms with Crippen molar-refractivity contribution in [3.63, 3.8) is 0 Å². The van der Waals surface area contributed by atoms with E-state index >= 15 is 0 Å². The number of hydrogen-bond acceptors (Lipinski definition) is 3. The molecule has 2 heterocycles. The quantitative estimate of drug-likeness (QED) is 0.740. The Kier molecular flexibility index (Phi) is 2.67. The van der Waals surface area contributed by atoms with Gasteiger partial charge in [0, 0.05) is 7.05 Å². The summed E-state index contributed by atoms with van der Waals surface area (Å²) in [5, 5.41) is 2.95. The van der Waals surface area contributed by atoms with Gasteiger partial charge in [-0.25, -0.2) is 14.4 Å². The summed E-state index contributed by atoms with van der Waals surface area (Å²) in [4.78, 5) is 11.7. The highest BCUT2D eigenvalue weighted by atomic mass is 19.1. The molecule has 19 heavy (non-hydrogen) atoms. The lowest BCUT2D eigenvalue weighted by atomic mass is 10.1. The van der Waals surface area contributed by atoms with Gasteiger partial charge in [0.1, 0.15) is 17.5 Å². The lowest BCUT2D eigenvalue weighted by Crippen LogP contribution is -1.91. The summed E-state index contributed by atoms with van der Waals surface area (Å²) in [5.41, 5.74) is 2.69. The van der Waals surface area contributed by atoms with Crippen molar-refractivity contribution in [2.24, 2.45) is 0 Å². The van der Waals surface area contributed by atoms with Crippen molar-refractivity contribution in [1.82, 2.24) is 15.0 Å². The fourth-order valence-corrected chi connectivity index (χ4v) is 1.97. The van der Waals surface area contributed by atoms with Crippen LogP contribution in [0.1, 0.15) is 5.56 Å². The van der Waals surface area contributed by atoms with E-state index in [0.29, 0.717) is 17.0 Å². The van der Waals surface area contributed by atoms with Gasteiger partial charge in [0.2, 0.25) is 0 Å². The van der Waals surface area contributed by atoms with Crippen molar-refractivity contribution in [1.29, 1.82) is 0 Å². The maximum Gasteiger partial charge on any atom is 0.180 e. The predicted molar refractivity (Wildman–Crippen MR) is 73.6 cm³/mol. The Morgan fingerprint density at radius 2 is 2.00 bits per heavy atom. The molecule has 0 aliphatic carbocycles. The minimum absolute atomic E-state index is 0.284. The third-order valence-electron chi connectivity index (χ3n) is 2.98. The van der Waals surface area contributed by atoms with Gasteiger partial charge < -0.3 is 10.3 Å². The number of benzene rings is 1. The molecule has 0 atom stereocenters. The number of imidazole rings is 1. The second kappa shape index (κ2) is 4.35. The van der Waals surface area contributed by atoms with E-state index < -0.39 is 0 Å². The van der Waals surface area contributed by atoms with Gasteiger partial charge in [0.25, 0.3) is 0 Å². The van der Waals surface area contributed by atoms with Crippen LogP contribution in [-0.4, -0.2) is 22.0 Å². The van der Waals surface area contributed by atoms with Crippen LogP contribution in [0.15, 0.2) is 30.3 Å². The molecule has 0 spiro atoms. The molecule has 5 heteroatoms. The third-order valence-corrected chi connectivity index (χ3v) is 2.98. The monoisotopic (exact) mass is 256 g/mol. The highest BCUT2D eigenvalue weighted by Crippen LogP contribution is 2.23. The fourth-order valence-electron chi connectivity index (χ4n) is 1.97. The van der Waals surface area contributed by atoms with Gasteiger partial charge in [-0.2, -0.15) is 0 Å². The van der Waals surface area contributed by atoms with Crippen molar-refractivity contribution < 1.29 is 4.39 Å². The molecule has 0 aliphatic heterocycles. The lowest BCUT2D eigenvalue weighted by molar-refractivity contribution is 0.629. The summed E-state index contributed by atoms with van der Waals surface area (Å²) in [6, 6.07) is 8.79. The first-order chi connectivity index (χ1) is 9.17. The van der Waals surface area contributed by atoms with Crippen LogP contribution in [0.3, 0.4) is 0 Å². The smallest absolute Gasteiger partial charge is 0.180 e. The summed E-state index contributed by atoms with van der Waals surface area (Å²) >= 11 is 0. The number of hydrogen-bond donors (Lipinski definition) is 2. The molecule has 0 bridgehead atoms. The molecule has 2 N–H and O–H groups in total. The van der Waals surface area contributed by atoms with Gasteiger partial charge in [-0.1, -0.05) is 6.07 Å². The third kappa shape index (κ3) is 2.03. The minimum atomic E-state index is -0.284. The number of H-pyrrole nitrogens is 1. The zero-order chi connectivity index (χ0) is 13.4. The highest BCUT2D eigenvalue weighted by molar-refractivity contribution is 5.77. The van der Waals surface area contributed by atoms with Crippen LogP contribution >= 0.6 is 0 Å². The average molecular weight is 256 g/mol. The summed E-state index contributed by atoms with van der Waals surface area (Å²) in [7, 11) is 1.79. The van der Waals surface area contributed by atoms with Crippen LogP contribution in [0, 0.1) is 12.7 Å². The van der Waals surface area contributed by atoms with Crippen molar-refractivity contribution in [2.75, 3.05) is 12.4 Å². The van der Waals surface area contributed by atoms with Gasteiger partial charge in [0.15, 0.2) is 5.65 Å². The number of anilines is 1. The van der Waals surface area contributed by atoms with Gasteiger partial charge >= 0.3 is 0 Å². The number of fused-ring (bicyclic) bond motifs is 1. The van der Waals surface area contributed by atoms with Gasteiger partial charge in [-0.05, 0) is 36.8 Å². The molecule has 0 aliphatic rings. The Bertz CT molecular complexity index is 748. The van der Waals surface area contributed by atoms with Crippen LogP contribution < -0.4 is 5.32 Å². The zero-order valence-electron chi connectivity index (χ0n) is 10.7. The topological polar surface area (TPSA) is 53.6 Å². The van der Waals surface area contributed by atoms with E-state index in [4.69, 9.17) is 0 Å². The van der Waals surface area contributed by atoms with Crippen LogP contribution in [0.25, 0.3) is 22.6 Å². The molecular formula is C14H13FN4. The Hall–Kier alpha value is -2.43. The number of aromatic amines is 1. The second-order valence-electron chi connectivity index (χ2n) is 4.39. The zero-order valence-corrected chi connectivity index (χ0v) is 10.7. The Morgan fingerprint density at radius 3 is 2.74 bits per heavy atom. The standard InChI is InChI=1S/C14H13FN4/c1-8-3-4-9(10(15)7-8)13-17-11-5-6-12(16-2)18-14(11)19-13/h3-7H,1-2H3,(H2,16,17,18,19). The maximum absolute atomic E-state index is 13.9. The van der Waals surface area contributed by atoms with Crippen LogP contribution in [-0.2, 0) is 0 Å². The first-order valence-electron chi connectivity index (χ1n) is 5.98. The number of halogens is 1. The predicted octanol–water partition coefficient (Wildman–Crippen LogP) is 3.11. The first-order valence-corrected chi connectivity index (χ1v) is 5.98. The SMILES string of the molecule is CNc1ccc2[nH]c(-c3ccc(C)cc3F)nc2n1. The molecule has 0 saturated carbocycles. The van der Waals surface area contributed by atoms with Crippen molar-refractivity contribution in [3.05, 3.63) is 41.7 Å². The molecular weight excluding hydrogens is 243 g/mol. The Balaban J connectivity index is 2.14. The van der Waals surface area contributed by atoms with E-state index in [1.807, 2.05) is 25.1 Å². The maximum atomic E-state index is 13.9. The van der Waals surface area contributed by atoms with E-state index in [9.17, 15) is 4.39 Å². The summed E-state index contributed by atoms with van der Waals surface area (Å²) in [6.45, 7) is 1.85. The Morgan fingerprint density at radius 1 is 1.16 bits per heavy atom. The molecule has 0 unspecified atom stereocenters. The van der Waals surface area contributed by atoms with Crippen LogP contribution in [0.5, 0.6) is 0 Å². The molecule has 3 aromatic rings. The van der Waals surface area contributed by atoms with E-state index in [0.717, 1.165) is 16.9 Å². The molecule has 0 fully saturated rings. The minimum Gasteiger partial charge on any atom is -0.373 e. The molecule has 2 aromatic heterocycles. The van der Waals surface area contributed by atoms with Crippen molar-refractivity contribution in [2.45, 2.75) is 6.92 Å². The van der Waals surface area contributed by atoms with E-state index in [1.54, 1.807) is 13.1 Å². The lowest BCUT2D eigenvalue weighted by Gasteiger charge is -1.99. The molecule has 3 rings (SSSR count). The number of nitrogens with one attached hydrogen (secondary N) is 2. The molecule has 1 aromatic carbocycles. The van der Waals surface area contributed by atoms with Crippen LogP contribution in [0.4, 0.5) is 10.2 Å². The number of pyridine rings is 1. The molecule has 4 nitrogen and oxygen atoms in total. The highest BCUT2D eigenvalue weighted by Gasteiger charge is 2.11.